The SMILES string of the molecule is Cc1cc(N(CCC#N)C(=O)COC(=O)C(=O)c2c(C)nn(-c3ccccc3)c2C)ccc1Cl. The Balaban J connectivity index is 1.74. The minimum atomic E-state index is -1.15. The Morgan fingerprint density at radius 3 is 2.47 bits per heavy atom. The Morgan fingerprint density at radius 2 is 1.82 bits per heavy atom. The Bertz CT molecular complexity index is 1280. The van der Waals surface area contributed by atoms with Crippen LogP contribution < -0.4 is 4.90 Å². The number of rotatable bonds is 8. The Labute approximate surface area is 202 Å². The molecule has 174 valence electrons. The maximum absolute atomic E-state index is 12.8. The van der Waals surface area contributed by atoms with Crippen LogP contribution in [0.2, 0.25) is 5.02 Å². The molecular weight excluding hydrogens is 456 g/mol. The third-order valence-electron chi connectivity index (χ3n) is 5.23. The molecule has 0 saturated carbocycles. The Morgan fingerprint density at radius 1 is 1.12 bits per heavy atom. The van der Waals surface area contributed by atoms with E-state index >= 15 is 0 Å². The molecule has 9 heteroatoms. The third kappa shape index (κ3) is 5.33. The van der Waals surface area contributed by atoms with Gasteiger partial charge in [0.25, 0.3) is 11.7 Å². The second-order valence-electron chi connectivity index (χ2n) is 7.59. The summed E-state index contributed by atoms with van der Waals surface area (Å²) >= 11 is 6.06. The number of halogens is 1. The van der Waals surface area contributed by atoms with Crippen molar-refractivity contribution in [3.05, 3.63) is 76.1 Å². The molecule has 2 aromatic carbocycles. The molecule has 0 aliphatic rings. The van der Waals surface area contributed by atoms with Gasteiger partial charge in [0.05, 0.1) is 35.1 Å². The van der Waals surface area contributed by atoms with Gasteiger partial charge in [-0.1, -0.05) is 29.8 Å². The van der Waals surface area contributed by atoms with Gasteiger partial charge in [0.1, 0.15) is 0 Å². The van der Waals surface area contributed by atoms with Gasteiger partial charge in [-0.2, -0.15) is 10.4 Å². The number of aryl methyl sites for hydroxylation is 2. The van der Waals surface area contributed by atoms with Gasteiger partial charge in [-0.05, 0) is 56.7 Å². The second kappa shape index (κ2) is 10.8. The summed E-state index contributed by atoms with van der Waals surface area (Å²) in [4.78, 5) is 39.5. The fourth-order valence-corrected chi connectivity index (χ4v) is 3.64. The summed E-state index contributed by atoms with van der Waals surface area (Å²) in [6, 6.07) is 16.2. The molecule has 1 heterocycles. The molecule has 0 N–H and O–H groups in total. The molecule has 0 aliphatic carbocycles. The van der Waals surface area contributed by atoms with Gasteiger partial charge >= 0.3 is 5.97 Å². The number of ether oxygens (including phenoxy) is 1. The predicted molar refractivity (Wildman–Crippen MR) is 127 cm³/mol. The van der Waals surface area contributed by atoms with Crippen LogP contribution in [-0.4, -0.2) is 40.6 Å². The molecular formula is C25H23ClN4O4. The molecule has 0 aliphatic heterocycles. The molecule has 0 unspecified atom stereocenters. The lowest BCUT2D eigenvalue weighted by Gasteiger charge is -2.22. The van der Waals surface area contributed by atoms with Crippen molar-refractivity contribution < 1.29 is 19.1 Å². The van der Waals surface area contributed by atoms with Crippen molar-refractivity contribution in [1.82, 2.24) is 9.78 Å². The molecule has 0 fully saturated rings. The number of amides is 1. The molecule has 3 aromatic rings. The maximum atomic E-state index is 12.8. The van der Waals surface area contributed by atoms with Crippen molar-refractivity contribution >= 4 is 34.9 Å². The highest BCUT2D eigenvalue weighted by Gasteiger charge is 2.28. The summed E-state index contributed by atoms with van der Waals surface area (Å²) < 4.78 is 6.63. The summed E-state index contributed by atoms with van der Waals surface area (Å²) in [7, 11) is 0. The number of Topliss-reactive ketones (excluding diaryl/α,β-unsaturated/α-hetero) is 1. The number of benzene rings is 2. The topological polar surface area (TPSA) is 105 Å². The van der Waals surface area contributed by atoms with E-state index in [-0.39, 0.29) is 18.5 Å². The first-order chi connectivity index (χ1) is 16.2. The second-order valence-corrected chi connectivity index (χ2v) is 7.99. The first-order valence-corrected chi connectivity index (χ1v) is 10.9. The summed E-state index contributed by atoms with van der Waals surface area (Å²) in [6.07, 6.45) is 0.0807. The molecule has 3 rings (SSSR count). The van der Waals surface area contributed by atoms with E-state index < -0.39 is 24.3 Å². The number of carbonyl (C=O) groups is 3. The first kappa shape index (κ1) is 24.7. The van der Waals surface area contributed by atoms with E-state index in [1.165, 1.54) is 4.90 Å². The Kier molecular flexibility index (Phi) is 7.82. The van der Waals surface area contributed by atoms with Crippen LogP contribution in [0.15, 0.2) is 48.5 Å². The monoisotopic (exact) mass is 478 g/mol. The smallest absolute Gasteiger partial charge is 0.380 e. The lowest BCUT2D eigenvalue weighted by atomic mass is 10.1. The van der Waals surface area contributed by atoms with Gasteiger partial charge in [0.15, 0.2) is 6.61 Å². The average Bonchev–Trinajstić information content (AvgIpc) is 3.13. The van der Waals surface area contributed by atoms with Crippen molar-refractivity contribution in [2.75, 3.05) is 18.1 Å². The summed E-state index contributed by atoms with van der Waals surface area (Å²) in [5.74, 6) is -2.60. The van der Waals surface area contributed by atoms with Gasteiger partial charge in [-0.15, -0.1) is 0 Å². The maximum Gasteiger partial charge on any atom is 0.380 e. The molecule has 0 radical (unpaired) electrons. The summed E-state index contributed by atoms with van der Waals surface area (Å²) in [5.41, 5.74) is 3.02. The van der Waals surface area contributed by atoms with Gasteiger partial charge < -0.3 is 9.64 Å². The van der Waals surface area contributed by atoms with E-state index in [0.29, 0.717) is 22.1 Å². The highest BCUT2D eigenvalue weighted by molar-refractivity contribution is 6.41. The Hall–Kier alpha value is -3.96. The number of para-hydroxylation sites is 1. The van der Waals surface area contributed by atoms with Gasteiger partial charge in [0, 0.05) is 17.3 Å². The number of hydrogen-bond acceptors (Lipinski definition) is 6. The number of esters is 1. The molecule has 8 nitrogen and oxygen atoms in total. The quantitative estimate of drug-likeness (QED) is 0.274. The molecule has 0 bridgehead atoms. The molecule has 34 heavy (non-hydrogen) atoms. The highest BCUT2D eigenvalue weighted by atomic mass is 35.5. The van der Waals surface area contributed by atoms with Crippen LogP contribution in [0.5, 0.6) is 0 Å². The molecule has 0 atom stereocenters. The molecule has 1 amide bonds. The standard InChI is InChI=1S/C25H23ClN4O4/c1-16-14-20(10-11-21(16)26)29(13-7-12-27)22(31)15-34-25(33)24(32)23-17(2)28-30(18(23)3)19-8-5-4-6-9-19/h4-6,8-11,14H,7,13,15H2,1-3H3. The van der Waals surface area contributed by atoms with Crippen molar-refractivity contribution in [1.29, 1.82) is 5.26 Å². The molecule has 0 spiro atoms. The molecule has 1 aromatic heterocycles. The highest BCUT2D eigenvalue weighted by Crippen LogP contribution is 2.23. The zero-order valence-corrected chi connectivity index (χ0v) is 19.8. The van der Waals surface area contributed by atoms with E-state index in [9.17, 15) is 14.4 Å². The van der Waals surface area contributed by atoms with E-state index in [4.69, 9.17) is 21.6 Å². The van der Waals surface area contributed by atoms with E-state index in [1.54, 1.807) is 43.7 Å². The van der Waals surface area contributed by atoms with Gasteiger partial charge in [-0.25, -0.2) is 9.48 Å². The number of ketones is 1. The lowest BCUT2D eigenvalue weighted by Crippen LogP contribution is -2.36. The fourth-order valence-electron chi connectivity index (χ4n) is 3.52. The van der Waals surface area contributed by atoms with Crippen molar-refractivity contribution in [2.24, 2.45) is 0 Å². The van der Waals surface area contributed by atoms with Crippen LogP contribution in [0.25, 0.3) is 5.69 Å². The van der Waals surface area contributed by atoms with Crippen LogP contribution in [0.4, 0.5) is 5.69 Å². The number of nitriles is 1. The van der Waals surface area contributed by atoms with Crippen LogP contribution in [-0.2, 0) is 14.3 Å². The van der Waals surface area contributed by atoms with E-state index in [2.05, 4.69) is 5.10 Å². The lowest BCUT2D eigenvalue weighted by molar-refractivity contribution is -0.143. The van der Waals surface area contributed by atoms with Gasteiger partial charge in [-0.3, -0.25) is 9.59 Å². The summed E-state index contributed by atoms with van der Waals surface area (Å²) in [5, 5.41) is 13.9. The minimum Gasteiger partial charge on any atom is -0.450 e. The van der Waals surface area contributed by atoms with Crippen LogP contribution in [0, 0.1) is 32.1 Å². The normalized spacial score (nSPS) is 10.4. The average molecular weight is 479 g/mol. The predicted octanol–water partition coefficient (Wildman–Crippen LogP) is 4.12. The van der Waals surface area contributed by atoms with Crippen molar-refractivity contribution in [2.45, 2.75) is 27.2 Å². The number of hydrogen-bond donors (Lipinski definition) is 0. The van der Waals surface area contributed by atoms with Crippen molar-refractivity contribution in [3.63, 3.8) is 0 Å². The van der Waals surface area contributed by atoms with Crippen LogP contribution in [0.1, 0.15) is 33.7 Å². The number of nitrogens with zero attached hydrogens (tertiary/aromatic N) is 4. The zero-order valence-electron chi connectivity index (χ0n) is 19.0. The number of carbonyl (C=O) groups excluding carboxylic acids is 3. The van der Waals surface area contributed by atoms with Crippen LogP contribution >= 0.6 is 11.6 Å². The van der Waals surface area contributed by atoms with E-state index in [1.807, 2.05) is 36.4 Å². The summed E-state index contributed by atoms with van der Waals surface area (Å²) in [6.45, 7) is 4.56. The van der Waals surface area contributed by atoms with E-state index in [0.717, 1.165) is 11.3 Å². The van der Waals surface area contributed by atoms with Crippen LogP contribution in [0.3, 0.4) is 0 Å². The first-order valence-electron chi connectivity index (χ1n) is 10.5. The fraction of sp³-hybridized carbons (Fsp3) is 0.240. The third-order valence-corrected chi connectivity index (χ3v) is 5.66. The number of aromatic nitrogens is 2. The molecule has 0 saturated heterocycles. The zero-order chi connectivity index (χ0) is 24.8. The van der Waals surface area contributed by atoms with Gasteiger partial charge in [0.2, 0.25) is 0 Å². The largest absolute Gasteiger partial charge is 0.450 e. The minimum absolute atomic E-state index is 0.0807. The number of anilines is 1. The van der Waals surface area contributed by atoms with Crippen molar-refractivity contribution in [3.8, 4) is 11.8 Å².